The molecule has 0 spiro atoms. The van der Waals surface area contributed by atoms with Gasteiger partial charge in [-0.25, -0.2) is 4.98 Å². The fraction of sp³-hybridized carbons (Fsp3) is 0.105. The number of benzene rings is 1. The zero-order valence-corrected chi connectivity index (χ0v) is 17.3. The Kier molecular flexibility index (Phi) is 6.30. The summed E-state index contributed by atoms with van der Waals surface area (Å²) in [5.74, 6) is -0.481. The van der Waals surface area contributed by atoms with Crippen molar-refractivity contribution in [2.45, 2.75) is 13.3 Å². The predicted molar refractivity (Wildman–Crippen MR) is 113 cm³/mol. The van der Waals surface area contributed by atoms with E-state index in [0.29, 0.717) is 21.6 Å². The lowest BCUT2D eigenvalue weighted by Gasteiger charge is -2.02. The topological polar surface area (TPSA) is 65.8 Å². The summed E-state index contributed by atoms with van der Waals surface area (Å²) in [6.07, 6.45) is 3.81. The van der Waals surface area contributed by atoms with Gasteiger partial charge >= 0.3 is 0 Å². The summed E-state index contributed by atoms with van der Waals surface area (Å²) in [5.41, 5.74) is 0.919. The number of aryl methyl sites for hydroxylation is 1. The molecule has 0 saturated heterocycles. The molecule has 1 aromatic carbocycles. The van der Waals surface area contributed by atoms with Crippen LogP contribution in [0.15, 0.2) is 42.1 Å². The molecule has 0 bridgehead atoms. The van der Waals surface area contributed by atoms with E-state index in [1.165, 1.54) is 22.7 Å². The Hall–Kier alpha value is -2.17. The summed E-state index contributed by atoms with van der Waals surface area (Å²) < 4.78 is 0. The number of anilines is 1. The second-order valence-corrected chi connectivity index (χ2v) is 8.89. The van der Waals surface area contributed by atoms with Crippen molar-refractivity contribution in [3.05, 3.63) is 72.3 Å². The fourth-order valence-corrected chi connectivity index (χ4v) is 4.33. The third kappa shape index (κ3) is 5.18. The number of rotatable bonds is 5. The van der Waals surface area contributed by atoms with Gasteiger partial charge in [0.1, 0.15) is 11.6 Å². The normalized spacial score (nSPS) is 11.3. The highest BCUT2D eigenvalue weighted by atomic mass is 35.5. The lowest BCUT2D eigenvalue weighted by molar-refractivity contribution is -0.112. The third-order valence-corrected chi connectivity index (χ3v) is 6.02. The monoisotopic (exact) mass is 433 g/mol. The number of amides is 1. The number of thiophene rings is 1. The molecule has 2 aromatic heterocycles. The van der Waals surface area contributed by atoms with Gasteiger partial charge in [-0.05, 0) is 48.9 Å². The number of nitrogens with zero attached hydrogens (tertiary/aromatic N) is 2. The van der Waals surface area contributed by atoms with Crippen LogP contribution in [0.25, 0.3) is 6.08 Å². The average molecular weight is 434 g/mol. The molecule has 136 valence electrons. The molecule has 0 saturated carbocycles. The Labute approximate surface area is 174 Å². The molecule has 27 heavy (non-hydrogen) atoms. The Morgan fingerprint density at radius 3 is 2.81 bits per heavy atom. The molecule has 3 rings (SSSR count). The maximum atomic E-state index is 12.4. The summed E-state index contributed by atoms with van der Waals surface area (Å²) >= 11 is 15.1. The molecule has 1 amide bonds. The fourth-order valence-electron chi connectivity index (χ4n) is 2.30. The van der Waals surface area contributed by atoms with Crippen LogP contribution in [-0.4, -0.2) is 10.9 Å². The van der Waals surface area contributed by atoms with Crippen molar-refractivity contribution in [1.29, 1.82) is 5.26 Å². The molecule has 1 N–H and O–H groups in total. The van der Waals surface area contributed by atoms with Crippen molar-refractivity contribution in [3.63, 3.8) is 0 Å². The molecule has 2 heterocycles. The highest BCUT2D eigenvalue weighted by Crippen LogP contribution is 2.27. The van der Waals surface area contributed by atoms with Crippen LogP contribution in [0.4, 0.5) is 5.13 Å². The maximum absolute atomic E-state index is 12.4. The van der Waals surface area contributed by atoms with Crippen LogP contribution in [0.3, 0.4) is 0 Å². The van der Waals surface area contributed by atoms with E-state index in [0.717, 1.165) is 20.2 Å². The first kappa shape index (κ1) is 19.6. The summed E-state index contributed by atoms with van der Waals surface area (Å²) in [6, 6.07) is 11.0. The summed E-state index contributed by atoms with van der Waals surface area (Å²) in [6.45, 7) is 1.97. The first-order chi connectivity index (χ1) is 12.9. The van der Waals surface area contributed by atoms with Gasteiger partial charge in [-0.1, -0.05) is 23.2 Å². The standard InChI is InChI=1S/C19H13Cl2N3OS2/c1-11-2-4-15(26-11)8-13(9-22)18(25)24-19-23-10-16(27-19)7-12-6-14(20)3-5-17(12)21/h2-6,8,10H,7H2,1H3,(H,23,24,25)/b13-8+. The van der Waals surface area contributed by atoms with E-state index < -0.39 is 5.91 Å². The van der Waals surface area contributed by atoms with Crippen LogP contribution in [0.5, 0.6) is 0 Å². The number of carbonyl (C=O) groups excluding carboxylic acids is 1. The molecule has 0 radical (unpaired) electrons. The van der Waals surface area contributed by atoms with Crippen molar-refractivity contribution in [3.8, 4) is 6.07 Å². The quantitative estimate of drug-likeness (QED) is 0.398. The molecular formula is C19H13Cl2N3OS2. The van der Waals surface area contributed by atoms with Crippen LogP contribution >= 0.6 is 45.9 Å². The number of hydrogen-bond acceptors (Lipinski definition) is 5. The lowest BCUT2D eigenvalue weighted by atomic mass is 10.1. The minimum Gasteiger partial charge on any atom is -0.297 e. The number of nitrogens with one attached hydrogen (secondary N) is 1. The highest BCUT2D eigenvalue weighted by molar-refractivity contribution is 7.15. The van der Waals surface area contributed by atoms with Gasteiger partial charge in [0.05, 0.1) is 0 Å². The minimum atomic E-state index is -0.481. The van der Waals surface area contributed by atoms with Crippen LogP contribution in [-0.2, 0) is 11.2 Å². The van der Waals surface area contributed by atoms with Gasteiger partial charge in [-0.2, -0.15) is 5.26 Å². The number of halogens is 2. The van der Waals surface area contributed by atoms with Gasteiger partial charge in [0, 0.05) is 37.3 Å². The van der Waals surface area contributed by atoms with Gasteiger partial charge in [0.15, 0.2) is 5.13 Å². The summed E-state index contributed by atoms with van der Waals surface area (Å²) in [4.78, 5) is 19.5. The molecular weight excluding hydrogens is 421 g/mol. The number of aromatic nitrogens is 1. The Morgan fingerprint density at radius 2 is 2.11 bits per heavy atom. The largest absolute Gasteiger partial charge is 0.297 e. The van der Waals surface area contributed by atoms with E-state index in [4.69, 9.17) is 23.2 Å². The van der Waals surface area contributed by atoms with Gasteiger partial charge in [0.2, 0.25) is 0 Å². The molecule has 0 fully saturated rings. The van der Waals surface area contributed by atoms with Crippen molar-refractivity contribution >= 4 is 63.0 Å². The number of hydrogen-bond donors (Lipinski definition) is 1. The molecule has 0 aliphatic rings. The average Bonchev–Trinajstić information content (AvgIpc) is 3.24. The molecule has 4 nitrogen and oxygen atoms in total. The van der Waals surface area contributed by atoms with Gasteiger partial charge in [-0.3, -0.25) is 10.1 Å². The van der Waals surface area contributed by atoms with Crippen LogP contribution in [0.1, 0.15) is 20.2 Å². The smallest absolute Gasteiger partial charge is 0.268 e. The van der Waals surface area contributed by atoms with E-state index in [-0.39, 0.29) is 5.57 Å². The maximum Gasteiger partial charge on any atom is 0.268 e. The molecule has 0 aliphatic heterocycles. The van der Waals surface area contributed by atoms with E-state index in [1.54, 1.807) is 30.5 Å². The van der Waals surface area contributed by atoms with E-state index >= 15 is 0 Å². The van der Waals surface area contributed by atoms with E-state index in [1.807, 2.05) is 25.1 Å². The number of carbonyl (C=O) groups is 1. The summed E-state index contributed by atoms with van der Waals surface area (Å²) in [5, 5.41) is 13.6. The van der Waals surface area contributed by atoms with Gasteiger partial charge in [-0.15, -0.1) is 22.7 Å². The zero-order chi connectivity index (χ0) is 19.4. The van der Waals surface area contributed by atoms with Crippen molar-refractivity contribution in [2.24, 2.45) is 0 Å². The molecule has 3 aromatic rings. The zero-order valence-electron chi connectivity index (χ0n) is 14.1. The molecule has 0 aliphatic carbocycles. The summed E-state index contributed by atoms with van der Waals surface area (Å²) in [7, 11) is 0. The third-order valence-electron chi connectivity index (χ3n) is 3.56. The van der Waals surface area contributed by atoms with E-state index in [2.05, 4.69) is 10.3 Å². The van der Waals surface area contributed by atoms with Crippen LogP contribution in [0, 0.1) is 18.3 Å². The highest BCUT2D eigenvalue weighted by Gasteiger charge is 2.13. The molecule has 8 heteroatoms. The van der Waals surface area contributed by atoms with Crippen LogP contribution in [0.2, 0.25) is 10.0 Å². The van der Waals surface area contributed by atoms with E-state index in [9.17, 15) is 10.1 Å². The molecule has 0 atom stereocenters. The molecule has 0 unspecified atom stereocenters. The first-order valence-electron chi connectivity index (χ1n) is 7.83. The second-order valence-electron chi connectivity index (χ2n) is 5.62. The van der Waals surface area contributed by atoms with Gasteiger partial charge < -0.3 is 0 Å². The van der Waals surface area contributed by atoms with Crippen molar-refractivity contribution in [2.75, 3.05) is 5.32 Å². The van der Waals surface area contributed by atoms with Gasteiger partial charge in [0.25, 0.3) is 5.91 Å². The second kappa shape index (κ2) is 8.68. The Bertz CT molecular complexity index is 1060. The van der Waals surface area contributed by atoms with Crippen molar-refractivity contribution < 1.29 is 4.79 Å². The SMILES string of the molecule is Cc1ccc(/C=C(\C#N)C(=O)Nc2ncc(Cc3cc(Cl)ccc3Cl)s2)s1. The lowest BCUT2D eigenvalue weighted by Crippen LogP contribution is -2.13. The Balaban J connectivity index is 1.71. The number of nitriles is 1. The minimum absolute atomic E-state index is 0.0338. The van der Waals surface area contributed by atoms with Crippen molar-refractivity contribution in [1.82, 2.24) is 4.98 Å². The predicted octanol–water partition coefficient (Wildman–Crippen LogP) is 5.96. The Morgan fingerprint density at radius 1 is 1.30 bits per heavy atom. The first-order valence-corrected chi connectivity index (χ1v) is 10.2. The van der Waals surface area contributed by atoms with Crippen LogP contribution < -0.4 is 5.32 Å². The number of thiazole rings is 1.